The van der Waals surface area contributed by atoms with Gasteiger partial charge in [0.05, 0.1) is 12.1 Å². The minimum Gasteiger partial charge on any atom is -0.495 e. The molecule has 15 heavy (non-hydrogen) atoms. The molecule has 1 aromatic rings. The Hall–Kier alpha value is -0.730. The largest absolute Gasteiger partial charge is 0.495 e. The molecule has 2 rings (SSSR count). The minimum atomic E-state index is 0.621. The first kappa shape index (κ1) is 10.8. The summed E-state index contributed by atoms with van der Waals surface area (Å²) in [7, 11) is 1.65. The van der Waals surface area contributed by atoms with Gasteiger partial charge in [-0.2, -0.15) is 0 Å². The van der Waals surface area contributed by atoms with Gasteiger partial charge in [-0.05, 0) is 43.5 Å². The van der Waals surface area contributed by atoms with Crippen molar-refractivity contribution in [2.24, 2.45) is 0 Å². The molecule has 1 fully saturated rings. The summed E-state index contributed by atoms with van der Waals surface area (Å²) < 4.78 is 5.20. The van der Waals surface area contributed by atoms with Crippen LogP contribution >= 0.6 is 11.6 Å². The number of ether oxygens (including phenoxy) is 1. The molecule has 1 N–H and O–H groups in total. The second-order valence-corrected chi connectivity index (χ2v) is 4.37. The molecular weight excluding hydrogens is 210 g/mol. The highest BCUT2D eigenvalue weighted by atomic mass is 35.5. The maximum atomic E-state index is 5.97. The normalized spacial score (nSPS) is 20.5. The van der Waals surface area contributed by atoms with E-state index in [1.165, 1.54) is 18.4 Å². The maximum absolute atomic E-state index is 5.97. The molecule has 0 aliphatic carbocycles. The van der Waals surface area contributed by atoms with Crippen LogP contribution in [0.15, 0.2) is 18.2 Å². The molecule has 1 saturated heterocycles. The molecule has 1 aromatic carbocycles. The van der Waals surface area contributed by atoms with Crippen molar-refractivity contribution in [1.82, 2.24) is 5.32 Å². The average molecular weight is 226 g/mol. The lowest BCUT2D eigenvalue weighted by Gasteiger charge is -2.11. The lowest BCUT2D eigenvalue weighted by Crippen LogP contribution is -2.23. The molecule has 0 aromatic heterocycles. The Labute approximate surface area is 95.6 Å². The van der Waals surface area contributed by atoms with Gasteiger partial charge in [0, 0.05) is 6.04 Å². The summed E-state index contributed by atoms with van der Waals surface area (Å²) in [5, 5.41) is 4.16. The number of nitrogens with one attached hydrogen (secondary N) is 1. The van der Waals surface area contributed by atoms with E-state index in [1.807, 2.05) is 12.1 Å². The van der Waals surface area contributed by atoms with E-state index in [0.717, 1.165) is 18.7 Å². The zero-order valence-electron chi connectivity index (χ0n) is 8.92. The van der Waals surface area contributed by atoms with Crippen molar-refractivity contribution in [2.45, 2.75) is 25.3 Å². The van der Waals surface area contributed by atoms with Gasteiger partial charge in [0.15, 0.2) is 0 Å². The molecule has 1 atom stereocenters. The van der Waals surface area contributed by atoms with Crippen LogP contribution in [-0.2, 0) is 6.42 Å². The van der Waals surface area contributed by atoms with E-state index in [4.69, 9.17) is 16.3 Å². The fourth-order valence-electron chi connectivity index (χ4n) is 2.05. The van der Waals surface area contributed by atoms with Gasteiger partial charge < -0.3 is 10.1 Å². The smallest absolute Gasteiger partial charge is 0.137 e. The minimum absolute atomic E-state index is 0.621. The standard InChI is InChI=1S/C12H16ClNO/c1-15-12-8-9(4-5-11(12)13)7-10-3-2-6-14-10/h4-5,8,10,14H,2-3,6-7H2,1H3. The van der Waals surface area contributed by atoms with Crippen LogP contribution in [0.25, 0.3) is 0 Å². The number of benzene rings is 1. The molecule has 1 unspecified atom stereocenters. The highest BCUT2D eigenvalue weighted by Gasteiger charge is 2.14. The van der Waals surface area contributed by atoms with Crippen LogP contribution in [-0.4, -0.2) is 19.7 Å². The van der Waals surface area contributed by atoms with E-state index >= 15 is 0 Å². The molecule has 82 valence electrons. The summed E-state index contributed by atoms with van der Waals surface area (Å²) in [5.74, 6) is 0.771. The van der Waals surface area contributed by atoms with Crippen LogP contribution in [0.2, 0.25) is 5.02 Å². The summed E-state index contributed by atoms with van der Waals surface area (Å²) in [6.07, 6.45) is 3.62. The number of rotatable bonds is 3. The van der Waals surface area contributed by atoms with Gasteiger partial charge in [-0.1, -0.05) is 17.7 Å². The Balaban J connectivity index is 2.07. The molecule has 1 aliphatic rings. The summed E-state index contributed by atoms with van der Waals surface area (Å²) >= 11 is 5.97. The predicted molar refractivity (Wildman–Crippen MR) is 62.7 cm³/mol. The zero-order chi connectivity index (χ0) is 10.7. The topological polar surface area (TPSA) is 21.3 Å². The summed E-state index contributed by atoms with van der Waals surface area (Å²) in [5.41, 5.74) is 1.29. The van der Waals surface area contributed by atoms with Crippen LogP contribution in [0.5, 0.6) is 5.75 Å². The Kier molecular flexibility index (Phi) is 3.49. The molecule has 0 bridgehead atoms. The molecule has 1 heterocycles. The third-order valence-corrected chi connectivity index (χ3v) is 3.17. The van der Waals surface area contributed by atoms with Gasteiger partial charge in [0.1, 0.15) is 5.75 Å². The zero-order valence-corrected chi connectivity index (χ0v) is 9.68. The number of hydrogen-bond donors (Lipinski definition) is 1. The van der Waals surface area contributed by atoms with E-state index in [-0.39, 0.29) is 0 Å². The number of hydrogen-bond acceptors (Lipinski definition) is 2. The molecule has 0 spiro atoms. The Morgan fingerprint density at radius 2 is 2.40 bits per heavy atom. The van der Waals surface area contributed by atoms with Crippen LogP contribution in [0.4, 0.5) is 0 Å². The summed E-state index contributed by atoms with van der Waals surface area (Å²) in [4.78, 5) is 0. The average Bonchev–Trinajstić information content (AvgIpc) is 2.73. The molecule has 0 radical (unpaired) electrons. The van der Waals surface area contributed by atoms with Crippen LogP contribution in [0.3, 0.4) is 0 Å². The first-order chi connectivity index (χ1) is 7.29. The molecule has 0 amide bonds. The van der Waals surface area contributed by atoms with E-state index in [1.54, 1.807) is 7.11 Å². The number of halogens is 1. The second-order valence-electron chi connectivity index (χ2n) is 3.97. The van der Waals surface area contributed by atoms with Gasteiger partial charge in [0.2, 0.25) is 0 Å². The second kappa shape index (κ2) is 4.86. The lowest BCUT2D eigenvalue weighted by molar-refractivity contribution is 0.414. The third-order valence-electron chi connectivity index (χ3n) is 2.86. The van der Waals surface area contributed by atoms with E-state index in [2.05, 4.69) is 11.4 Å². The highest BCUT2D eigenvalue weighted by molar-refractivity contribution is 6.32. The lowest BCUT2D eigenvalue weighted by atomic mass is 10.0. The monoisotopic (exact) mass is 225 g/mol. The van der Waals surface area contributed by atoms with Crippen molar-refractivity contribution in [3.05, 3.63) is 28.8 Å². The maximum Gasteiger partial charge on any atom is 0.137 e. The quantitative estimate of drug-likeness (QED) is 0.854. The molecule has 3 heteroatoms. The molecular formula is C12H16ClNO. The Morgan fingerprint density at radius 1 is 1.53 bits per heavy atom. The SMILES string of the molecule is COc1cc(CC2CCCN2)ccc1Cl. The van der Waals surface area contributed by atoms with Gasteiger partial charge in [-0.3, -0.25) is 0 Å². The van der Waals surface area contributed by atoms with Gasteiger partial charge in [0.25, 0.3) is 0 Å². The van der Waals surface area contributed by atoms with Crippen molar-refractivity contribution in [3.8, 4) is 5.75 Å². The number of methoxy groups -OCH3 is 1. The van der Waals surface area contributed by atoms with E-state index in [9.17, 15) is 0 Å². The van der Waals surface area contributed by atoms with Crippen molar-refractivity contribution in [3.63, 3.8) is 0 Å². The van der Waals surface area contributed by atoms with E-state index in [0.29, 0.717) is 11.1 Å². The summed E-state index contributed by atoms with van der Waals surface area (Å²) in [6.45, 7) is 1.15. The van der Waals surface area contributed by atoms with Crippen molar-refractivity contribution < 1.29 is 4.74 Å². The highest BCUT2D eigenvalue weighted by Crippen LogP contribution is 2.26. The van der Waals surface area contributed by atoms with Gasteiger partial charge in [-0.15, -0.1) is 0 Å². The Bertz CT molecular complexity index is 334. The molecule has 1 aliphatic heterocycles. The van der Waals surface area contributed by atoms with Crippen LogP contribution in [0.1, 0.15) is 18.4 Å². The van der Waals surface area contributed by atoms with Crippen LogP contribution in [0, 0.1) is 0 Å². The third kappa shape index (κ3) is 2.64. The summed E-state index contributed by atoms with van der Waals surface area (Å²) in [6, 6.07) is 6.63. The van der Waals surface area contributed by atoms with E-state index < -0.39 is 0 Å². The predicted octanol–water partition coefficient (Wildman–Crippen LogP) is 2.64. The van der Waals surface area contributed by atoms with Gasteiger partial charge in [-0.25, -0.2) is 0 Å². The van der Waals surface area contributed by atoms with Crippen molar-refractivity contribution in [1.29, 1.82) is 0 Å². The molecule has 0 saturated carbocycles. The fraction of sp³-hybridized carbons (Fsp3) is 0.500. The van der Waals surface area contributed by atoms with Crippen LogP contribution < -0.4 is 10.1 Å². The van der Waals surface area contributed by atoms with Crippen molar-refractivity contribution in [2.75, 3.05) is 13.7 Å². The fourth-order valence-corrected chi connectivity index (χ4v) is 2.24. The molecule has 2 nitrogen and oxygen atoms in total. The first-order valence-electron chi connectivity index (χ1n) is 5.35. The van der Waals surface area contributed by atoms with Gasteiger partial charge >= 0.3 is 0 Å². The first-order valence-corrected chi connectivity index (χ1v) is 5.73. The van der Waals surface area contributed by atoms with Crippen molar-refractivity contribution >= 4 is 11.6 Å². The Morgan fingerprint density at radius 3 is 3.07 bits per heavy atom.